The molecule has 0 aromatic heterocycles. The number of ketones is 1. The lowest BCUT2D eigenvalue weighted by Crippen LogP contribution is -2.58. The predicted molar refractivity (Wildman–Crippen MR) is 116 cm³/mol. The van der Waals surface area contributed by atoms with Crippen LogP contribution in [0.5, 0.6) is 0 Å². The van der Waals surface area contributed by atoms with Crippen molar-refractivity contribution in [1.29, 1.82) is 0 Å². The van der Waals surface area contributed by atoms with Crippen LogP contribution in [0.15, 0.2) is 11.6 Å². The van der Waals surface area contributed by atoms with Crippen molar-refractivity contribution in [2.24, 2.45) is 46.3 Å². The molecule has 0 spiro atoms. The summed E-state index contributed by atoms with van der Waals surface area (Å²) in [6.07, 6.45) is 8.94. The quantitative estimate of drug-likeness (QED) is 0.721. The van der Waals surface area contributed by atoms with Crippen molar-refractivity contribution in [3.8, 4) is 0 Å². The third kappa shape index (κ3) is 2.85. The van der Waals surface area contributed by atoms with E-state index in [0.717, 1.165) is 26.1 Å². The predicted octanol–water partition coefficient (Wildman–Crippen LogP) is 4.75. The van der Waals surface area contributed by atoms with E-state index in [2.05, 4.69) is 27.7 Å². The van der Waals surface area contributed by atoms with Gasteiger partial charge in [-0.25, -0.2) is 0 Å². The van der Waals surface area contributed by atoms with Gasteiger partial charge in [-0.1, -0.05) is 33.3 Å². The van der Waals surface area contributed by atoms with E-state index < -0.39 is 0 Å². The Bertz CT molecular complexity index is 725. The molecule has 0 aromatic rings. The van der Waals surface area contributed by atoms with Crippen LogP contribution in [0.4, 0.5) is 0 Å². The molecule has 4 unspecified atom stereocenters. The van der Waals surface area contributed by atoms with Gasteiger partial charge in [-0.05, 0) is 79.1 Å². The van der Waals surface area contributed by atoms with E-state index >= 15 is 0 Å². The van der Waals surface area contributed by atoms with Crippen LogP contribution in [0.3, 0.4) is 0 Å². The summed E-state index contributed by atoms with van der Waals surface area (Å²) in [5.41, 5.74) is 1.60. The molecule has 4 aliphatic carbocycles. The van der Waals surface area contributed by atoms with Crippen molar-refractivity contribution in [1.82, 2.24) is 0 Å². The maximum Gasteiger partial charge on any atom is 0.160 e. The van der Waals surface area contributed by atoms with Crippen molar-refractivity contribution < 1.29 is 19.4 Å². The van der Waals surface area contributed by atoms with Crippen LogP contribution in [-0.2, 0) is 14.3 Å². The second kappa shape index (κ2) is 7.42. The van der Waals surface area contributed by atoms with Gasteiger partial charge in [-0.2, -0.15) is 0 Å². The smallest absolute Gasteiger partial charge is 0.160 e. The number of aliphatic hydroxyl groups excluding tert-OH is 1. The standard InChI is InChI=1S/C26H40O4/c1-5-17-21-14-16(27)8-10-26(21,4)20-9-11-25(3)18(15(2)24-29-12-13-30-24)6-7-19(25)22(20)23(17)28/h14-15,17-20,22-24,28H,5-13H2,1-4H3/t15-,17-,18+,19?,20?,22?,23?,25+,26+/m0/s1. The highest BCUT2D eigenvalue weighted by atomic mass is 16.7. The van der Waals surface area contributed by atoms with Gasteiger partial charge >= 0.3 is 0 Å². The molecule has 1 heterocycles. The van der Waals surface area contributed by atoms with Crippen molar-refractivity contribution in [2.75, 3.05) is 13.2 Å². The van der Waals surface area contributed by atoms with Crippen molar-refractivity contribution >= 4 is 5.78 Å². The normalized spacial score (nSPS) is 49.9. The molecule has 1 aliphatic heterocycles. The molecule has 4 heteroatoms. The van der Waals surface area contributed by atoms with Gasteiger partial charge in [0.25, 0.3) is 0 Å². The second-order valence-electron chi connectivity index (χ2n) is 11.5. The number of hydrogen-bond acceptors (Lipinski definition) is 4. The fraction of sp³-hybridized carbons (Fsp3) is 0.885. The summed E-state index contributed by atoms with van der Waals surface area (Å²) >= 11 is 0. The summed E-state index contributed by atoms with van der Waals surface area (Å²) in [6.45, 7) is 10.9. The molecule has 4 nitrogen and oxygen atoms in total. The summed E-state index contributed by atoms with van der Waals surface area (Å²) in [6, 6.07) is 0. The molecule has 1 N–H and O–H groups in total. The largest absolute Gasteiger partial charge is 0.392 e. The van der Waals surface area contributed by atoms with E-state index in [0.29, 0.717) is 36.0 Å². The zero-order valence-electron chi connectivity index (χ0n) is 19.2. The highest BCUT2D eigenvalue weighted by Gasteiger charge is 2.63. The van der Waals surface area contributed by atoms with Gasteiger partial charge < -0.3 is 14.6 Å². The van der Waals surface area contributed by atoms with E-state index in [9.17, 15) is 9.90 Å². The van der Waals surface area contributed by atoms with Gasteiger partial charge in [0.2, 0.25) is 0 Å². The summed E-state index contributed by atoms with van der Waals surface area (Å²) in [4.78, 5) is 12.3. The highest BCUT2D eigenvalue weighted by molar-refractivity contribution is 5.91. The van der Waals surface area contributed by atoms with Crippen molar-refractivity contribution in [2.45, 2.75) is 85.0 Å². The summed E-state index contributed by atoms with van der Waals surface area (Å²) < 4.78 is 11.8. The molecular weight excluding hydrogens is 376 g/mol. The van der Waals surface area contributed by atoms with Crippen molar-refractivity contribution in [3.63, 3.8) is 0 Å². The minimum absolute atomic E-state index is 0.0561. The van der Waals surface area contributed by atoms with Crippen LogP contribution < -0.4 is 0 Å². The lowest BCUT2D eigenvalue weighted by atomic mass is 9.43. The van der Waals surface area contributed by atoms with Gasteiger partial charge in [-0.3, -0.25) is 4.79 Å². The van der Waals surface area contributed by atoms with E-state index in [4.69, 9.17) is 9.47 Å². The van der Waals surface area contributed by atoms with E-state index in [1.165, 1.54) is 31.3 Å². The Hall–Kier alpha value is -0.710. The van der Waals surface area contributed by atoms with Crippen LogP contribution >= 0.6 is 0 Å². The fourth-order valence-electron chi connectivity index (χ4n) is 8.97. The summed E-state index contributed by atoms with van der Waals surface area (Å²) in [5, 5.41) is 11.7. The first kappa shape index (κ1) is 21.2. The Morgan fingerprint density at radius 2 is 1.87 bits per heavy atom. The zero-order valence-corrected chi connectivity index (χ0v) is 19.2. The highest BCUT2D eigenvalue weighted by Crippen LogP contribution is 2.68. The minimum atomic E-state index is -0.317. The van der Waals surface area contributed by atoms with Gasteiger partial charge in [0, 0.05) is 18.3 Å². The molecule has 5 rings (SSSR count). The minimum Gasteiger partial charge on any atom is -0.392 e. The molecule has 0 radical (unpaired) electrons. The number of carbonyl (C=O) groups excluding carboxylic acids is 1. The van der Waals surface area contributed by atoms with Gasteiger partial charge in [0.05, 0.1) is 19.3 Å². The Balaban J connectivity index is 1.48. The number of hydrogen-bond donors (Lipinski definition) is 1. The number of fused-ring (bicyclic) bond motifs is 5. The number of aliphatic hydroxyl groups is 1. The maximum atomic E-state index is 12.3. The van der Waals surface area contributed by atoms with Gasteiger partial charge in [0.1, 0.15) is 0 Å². The third-order valence-corrected chi connectivity index (χ3v) is 10.4. The molecule has 0 amide bonds. The lowest BCUT2D eigenvalue weighted by Gasteiger charge is -2.62. The van der Waals surface area contributed by atoms with Gasteiger partial charge in [0.15, 0.2) is 12.1 Å². The number of ether oxygens (including phenoxy) is 2. The zero-order chi connectivity index (χ0) is 21.3. The van der Waals surface area contributed by atoms with Crippen LogP contribution in [0.1, 0.15) is 72.6 Å². The molecule has 9 atom stereocenters. The molecule has 168 valence electrons. The monoisotopic (exact) mass is 416 g/mol. The second-order valence-corrected chi connectivity index (χ2v) is 11.5. The Labute approximate surface area is 181 Å². The van der Waals surface area contributed by atoms with E-state index in [-0.39, 0.29) is 34.9 Å². The molecule has 1 saturated heterocycles. The molecule has 0 bridgehead atoms. The van der Waals surface area contributed by atoms with Crippen LogP contribution in [-0.4, -0.2) is 36.5 Å². The van der Waals surface area contributed by atoms with Crippen LogP contribution in [0.2, 0.25) is 0 Å². The summed E-state index contributed by atoms with van der Waals surface area (Å²) in [5.74, 6) is 2.81. The molecular formula is C26H40O4. The van der Waals surface area contributed by atoms with Gasteiger partial charge in [-0.15, -0.1) is 0 Å². The molecule has 4 fully saturated rings. The van der Waals surface area contributed by atoms with Crippen LogP contribution in [0, 0.1) is 46.3 Å². The Morgan fingerprint density at radius 1 is 1.13 bits per heavy atom. The average Bonchev–Trinajstić information content (AvgIpc) is 3.37. The topological polar surface area (TPSA) is 55.8 Å². The van der Waals surface area contributed by atoms with Crippen LogP contribution in [0.25, 0.3) is 0 Å². The van der Waals surface area contributed by atoms with E-state index in [1.54, 1.807) is 0 Å². The first-order valence-electron chi connectivity index (χ1n) is 12.5. The SMILES string of the molecule is CC[C@H]1C2=CC(=O)CC[C@]2(C)C2CC[C@@]3(C)C(CC[C@@H]3[C@H](C)C3OCCO3)C2C1O. The summed E-state index contributed by atoms with van der Waals surface area (Å²) in [7, 11) is 0. The number of rotatable bonds is 3. The molecule has 5 aliphatic rings. The molecule has 3 saturated carbocycles. The average molecular weight is 417 g/mol. The maximum absolute atomic E-state index is 12.3. The fourth-order valence-corrected chi connectivity index (χ4v) is 8.97. The molecule has 30 heavy (non-hydrogen) atoms. The third-order valence-electron chi connectivity index (χ3n) is 10.4. The Morgan fingerprint density at radius 3 is 2.57 bits per heavy atom. The number of carbonyl (C=O) groups is 1. The van der Waals surface area contributed by atoms with Crippen molar-refractivity contribution in [3.05, 3.63) is 11.6 Å². The molecule has 0 aromatic carbocycles. The van der Waals surface area contributed by atoms with E-state index in [1.807, 2.05) is 6.08 Å². The first-order chi connectivity index (χ1) is 14.3. The lowest BCUT2D eigenvalue weighted by molar-refractivity contribution is -0.151. The Kier molecular flexibility index (Phi) is 5.23. The first-order valence-corrected chi connectivity index (χ1v) is 12.5.